The van der Waals surface area contributed by atoms with E-state index in [1.807, 2.05) is 0 Å². The van der Waals surface area contributed by atoms with E-state index in [-0.39, 0.29) is 16.4 Å². The number of rotatable bonds is 1. The van der Waals surface area contributed by atoms with Crippen molar-refractivity contribution in [1.82, 2.24) is 19.7 Å². The summed E-state index contributed by atoms with van der Waals surface area (Å²) in [4.78, 5) is 7.56. The predicted molar refractivity (Wildman–Crippen MR) is 71.8 cm³/mol. The summed E-state index contributed by atoms with van der Waals surface area (Å²) in [5, 5.41) is 4.64. The van der Waals surface area contributed by atoms with Gasteiger partial charge in [0.1, 0.15) is 11.5 Å². The Balaban J connectivity index is 2.34. The lowest BCUT2D eigenvalue weighted by atomic mass is 10.0. The van der Waals surface area contributed by atoms with E-state index in [0.29, 0.717) is 10.9 Å². The SMILES string of the molecule is Cn1ncc2cc(-c3cc(Cl)ncn3)c(C(F)(F)F)cc21. The summed E-state index contributed by atoms with van der Waals surface area (Å²) in [6, 6.07) is 3.77. The highest BCUT2D eigenvalue weighted by molar-refractivity contribution is 6.29. The van der Waals surface area contributed by atoms with Crippen LogP contribution in [0.2, 0.25) is 5.15 Å². The molecule has 0 aliphatic carbocycles. The molecule has 2 aromatic heterocycles. The van der Waals surface area contributed by atoms with Crippen molar-refractivity contribution >= 4 is 22.5 Å². The molecule has 0 aliphatic heterocycles. The molecule has 8 heteroatoms. The topological polar surface area (TPSA) is 43.6 Å². The van der Waals surface area contributed by atoms with Gasteiger partial charge in [0.2, 0.25) is 0 Å². The fourth-order valence-electron chi connectivity index (χ4n) is 2.13. The quantitative estimate of drug-likeness (QED) is 0.643. The van der Waals surface area contributed by atoms with Crippen molar-refractivity contribution in [1.29, 1.82) is 0 Å². The zero-order chi connectivity index (χ0) is 15.2. The molecule has 0 unspecified atom stereocenters. The highest BCUT2D eigenvalue weighted by Crippen LogP contribution is 2.39. The molecule has 0 atom stereocenters. The van der Waals surface area contributed by atoms with E-state index in [0.717, 1.165) is 12.4 Å². The first-order chi connectivity index (χ1) is 9.86. The highest BCUT2D eigenvalue weighted by Gasteiger charge is 2.35. The predicted octanol–water partition coefficient (Wildman–Crippen LogP) is 3.70. The van der Waals surface area contributed by atoms with Crippen molar-refractivity contribution in [2.75, 3.05) is 0 Å². The maximum atomic E-state index is 13.3. The Hall–Kier alpha value is -2.15. The first kappa shape index (κ1) is 13.8. The standard InChI is InChI=1S/C13H8ClF3N4/c1-21-11-3-9(13(15,16)17)8(2-7(11)5-20-21)10-4-12(14)19-6-18-10/h2-6H,1H3. The van der Waals surface area contributed by atoms with Crippen LogP contribution < -0.4 is 0 Å². The second-order valence-electron chi connectivity index (χ2n) is 4.45. The Morgan fingerprint density at radius 3 is 2.57 bits per heavy atom. The van der Waals surface area contributed by atoms with Crippen molar-refractivity contribution in [3.05, 3.63) is 41.4 Å². The van der Waals surface area contributed by atoms with E-state index in [4.69, 9.17) is 11.6 Å². The summed E-state index contributed by atoms with van der Waals surface area (Å²) in [7, 11) is 1.59. The summed E-state index contributed by atoms with van der Waals surface area (Å²) in [5.74, 6) is 0. The van der Waals surface area contributed by atoms with E-state index in [1.165, 1.54) is 23.0 Å². The normalized spacial score (nSPS) is 12.0. The number of alkyl halides is 3. The molecule has 0 amide bonds. The number of fused-ring (bicyclic) bond motifs is 1. The van der Waals surface area contributed by atoms with Crippen LogP contribution in [0.15, 0.2) is 30.7 Å². The number of nitrogens with zero attached hydrogens (tertiary/aromatic N) is 4. The number of aryl methyl sites for hydroxylation is 1. The van der Waals surface area contributed by atoms with Crippen molar-refractivity contribution in [3.63, 3.8) is 0 Å². The first-order valence-electron chi connectivity index (χ1n) is 5.87. The van der Waals surface area contributed by atoms with Gasteiger partial charge in [-0.05, 0) is 12.1 Å². The molecule has 0 saturated heterocycles. The minimum absolute atomic E-state index is 0.0488. The summed E-state index contributed by atoms with van der Waals surface area (Å²) in [5.41, 5.74) is -0.319. The smallest absolute Gasteiger partial charge is 0.268 e. The zero-order valence-electron chi connectivity index (χ0n) is 10.7. The van der Waals surface area contributed by atoms with Gasteiger partial charge in [0.05, 0.1) is 23.0 Å². The van der Waals surface area contributed by atoms with Crippen LogP contribution in [0.5, 0.6) is 0 Å². The molecule has 0 N–H and O–H groups in total. The van der Waals surface area contributed by atoms with Crippen LogP contribution in [-0.2, 0) is 13.2 Å². The Kier molecular flexibility index (Phi) is 3.09. The molecular formula is C13H8ClF3N4. The fourth-order valence-corrected chi connectivity index (χ4v) is 2.27. The average molecular weight is 313 g/mol. The van der Waals surface area contributed by atoms with Gasteiger partial charge in [0.25, 0.3) is 0 Å². The molecule has 3 aromatic rings. The van der Waals surface area contributed by atoms with Crippen LogP contribution in [0.4, 0.5) is 13.2 Å². The van der Waals surface area contributed by atoms with Crippen molar-refractivity contribution in [3.8, 4) is 11.3 Å². The van der Waals surface area contributed by atoms with Gasteiger partial charge in [-0.1, -0.05) is 11.6 Å². The molecule has 0 spiro atoms. The van der Waals surface area contributed by atoms with Crippen LogP contribution in [0.3, 0.4) is 0 Å². The van der Waals surface area contributed by atoms with Gasteiger partial charge in [-0.2, -0.15) is 18.3 Å². The number of aromatic nitrogens is 4. The number of hydrogen-bond acceptors (Lipinski definition) is 3. The Morgan fingerprint density at radius 1 is 1.14 bits per heavy atom. The van der Waals surface area contributed by atoms with Gasteiger partial charge in [0, 0.05) is 24.1 Å². The average Bonchev–Trinajstić information content (AvgIpc) is 2.78. The Labute approximate surface area is 122 Å². The van der Waals surface area contributed by atoms with Crippen LogP contribution in [0, 0.1) is 0 Å². The molecule has 0 aliphatic rings. The van der Waals surface area contributed by atoms with Gasteiger partial charge >= 0.3 is 6.18 Å². The molecular weight excluding hydrogens is 305 g/mol. The van der Waals surface area contributed by atoms with Crippen molar-refractivity contribution < 1.29 is 13.2 Å². The summed E-state index contributed by atoms with van der Waals surface area (Å²) < 4.78 is 41.3. The lowest BCUT2D eigenvalue weighted by Crippen LogP contribution is -2.08. The maximum Gasteiger partial charge on any atom is 0.417 e. The third-order valence-corrected chi connectivity index (χ3v) is 3.31. The van der Waals surface area contributed by atoms with Crippen molar-refractivity contribution in [2.45, 2.75) is 6.18 Å². The Morgan fingerprint density at radius 2 is 1.90 bits per heavy atom. The van der Waals surface area contributed by atoms with Crippen LogP contribution in [0.25, 0.3) is 22.2 Å². The molecule has 1 aromatic carbocycles. The van der Waals surface area contributed by atoms with Crippen LogP contribution >= 0.6 is 11.6 Å². The molecule has 0 fully saturated rings. The first-order valence-corrected chi connectivity index (χ1v) is 6.25. The van der Waals surface area contributed by atoms with Gasteiger partial charge in [-0.15, -0.1) is 0 Å². The third kappa shape index (κ3) is 2.44. The molecule has 2 heterocycles. The lowest BCUT2D eigenvalue weighted by molar-refractivity contribution is -0.137. The molecule has 3 rings (SSSR count). The molecule has 0 bridgehead atoms. The summed E-state index contributed by atoms with van der Waals surface area (Å²) >= 11 is 5.73. The van der Waals surface area contributed by atoms with Crippen molar-refractivity contribution in [2.24, 2.45) is 7.05 Å². The molecule has 0 saturated carbocycles. The minimum atomic E-state index is -4.51. The molecule has 0 radical (unpaired) electrons. The van der Waals surface area contributed by atoms with Gasteiger partial charge in [-0.25, -0.2) is 9.97 Å². The number of benzene rings is 1. The van der Waals surface area contributed by atoms with Gasteiger partial charge in [-0.3, -0.25) is 4.68 Å². The maximum absolute atomic E-state index is 13.3. The number of hydrogen-bond donors (Lipinski definition) is 0. The van der Waals surface area contributed by atoms with E-state index in [1.54, 1.807) is 7.05 Å². The van der Waals surface area contributed by atoms with E-state index >= 15 is 0 Å². The van der Waals surface area contributed by atoms with Crippen LogP contribution in [0.1, 0.15) is 5.56 Å². The lowest BCUT2D eigenvalue weighted by Gasteiger charge is -2.13. The molecule has 4 nitrogen and oxygen atoms in total. The van der Waals surface area contributed by atoms with Gasteiger partial charge < -0.3 is 0 Å². The second kappa shape index (κ2) is 4.70. The molecule has 108 valence electrons. The zero-order valence-corrected chi connectivity index (χ0v) is 11.4. The van der Waals surface area contributed by atoms with E-state index < -0.39 is 11.7 Å². The largest absolute Gasteiger partial charge is 0.417 e. The molecule has 21 heavy (non-hydrogen) atoms. The second-order valence-corrected chi connectivity index (χ2v) is 4.84. The summed E-state index contributed by atoms with van der Waals surface area (Å²) in [6.07, 6.45) is -1.88. The van der Waals surface area contributed by atoms with Crippen LogP contribution in [-0.4, -0.2) is 19.7 Å². The number of halogens is 4. The summed E-state index contributed by atoms with van der Waals surface area (Å²) in [6.45, 7) is 0. The highest BCUT2D eigenvalue weighted by atomic mass is 35.5. The fraction of sp³-hybridized carbons (Fsp3) is 0.154. The van der Waals surface area contributed by atoms with Gasteiger partial charge in [0.15, 0.2) is 0 Å². The van der Waals surface area contributed by atoms with E-state index in [2.05, 4.69) is 15.1 Å². The monoisotopic (exact) mass is 312 g/mol. The Bertz CT molecular complexity index is 826. The minimum Gasteiger partial charge on any atom is -0.268 e. The van der Waals surface area contributed by atoms with E-state index in [9.17, 15) is 13.2 Å². The third-order valence-electron chi connectivity index (χ3n) is 3.10.